The molecule has 0 saturated carbocycles. The lowest BCUT2D eigenvalue weighted by Gasteiger charge is -2.10. The number of benzene rings is 1. The van der Waals surface area contributed by atoms with Gasteiger partial charge in [-0.3, -0.25) is 4.79 Å². The Kier molecular flexibility index (Phi) is 7.35. The first-order chi connectivity index (χ1) is 8.74. The van der Waals surface area contributed by atoms with Gasteiger partial charge in [0.1, 0.15) is 5.78 Å². The molecule has 18 heavy (non-hydrogen) atoms. The van der Waals surface area contributed by atoms with Crippen LogP contribution < -0.4 is 5.73 Å². The van der Waals surface area contributed by atoms with Gasteiger partial charge in [0.25, 0.3) is 0 Å². The molecule has 1 aromatic carbocycles. The molecule has 1 atom stereocenters. The number of ketones is 1. The summed E-state index contributed by atoms with van der Waals surface area (Å²) >= 11 is 0. The molecule has 0 saturated heterocycles. The molecule has 0 fully saturated rings. The van der Waals surface area contributed by atoms with Crippen LogP contribution in [0.5, 0.6) is 0 Å². The number of hydrogen-bond donors (Lipinski definition) is 1. The molecule has 0 aliphatic carbocycles. The van der Waals surface area contributed by atoms with E-state index in [0.717, 1.165) is 18.4 Å². The van der Waals surface area contributed by atoms with Gasteiger partial charge in [0, 0.05) is 6.42 Å². The average Bonchev–Trinajstić information content (AvgIpc) is 2.39. The van der Waals surface area contributed by atoms with E-state index in [1.807, 2.05) is 30.3 Å². The molecule has 0 radical (unpaired) electrons. The Morgan fingerprint density at radius 1 is 1.11 bits per heavy atom. The van der Waals surface area contributed by atoms with Crippen LogP contribution in [0.1, 0.15) is 51.0 Å². The predicted octanol–water partition coefficient (Wildman–Crippen LogP) is 3.49. The van der Waals surface area contributed by atoms with Crippen molar-refractivity contribution < 1.29 is 4.79 Å². The van der Waals surface area contributed by atoms with Gasteiger partial charge in [-0.15, -0.1) is 0 Å². The highest BCUT2D eigenvalue weighted by atomic mass is 16.1. The summed E-state index contributed by atoms with van der Waals surface area (Å²) in [7, 11) is 0. The summed E-state index contributed by atoms with van der Waals surface area (Å²) in [4.78, 5) is 11.9. The average molecular weight is 247 g/mol. The van der Waals surface area contributed by atoms with Crippen LogP contribution in [0.4, 0.5) is 0 Å². The molecule has 2 heteroatoms. The maximum atomic E-state index is 11.9. The zero-order valence-electron chi connectivity index (χ0n) is 11.4. The van der Waals surface area contributed by atoms with E-state index in [9.17, 15) is 4.79 Å². The highest BCUT2D eigenvalue weighted by molar-refractivity contribution is 5.84. The summed E-state index contributed by atoms with van der Waals surface area (Å²) in [5.41, 5.74) is 7.08. The minimum Gasteiger partial charge on any atom is -0.321 e. The molecule has 0 aromatic heterocycles. The van der Waals surface area contributed by atoms with Crippen LogP contribution in [0, 0.1) is 0 Å². The fourth-order valence-electron chi connectivity index (χ4n) is 2.07. The lowest BCUT2D eigenvalue weighted by Crippen LogP contribution is -2.32. The maximum absolute atomic E-state index is 11.9. The number of hydrogen-bond acceptors (Lipinski definition) is 2. The normalized spacial score (nSPS) is 12.3. The zero-order chi connectivity index (χ0) is 13.2. The molecule has 1 rings (SSSR count). The first-order valence-electron chi connectivity index (χ1n) is 7.06. The number of carbonyl (C=O) groups excluding carboxylic acids is 1. The molecule has 0 heterocycles. The minimum absolute atomic E-state index is 0.204. The molecular formula is C16H25NO. The van der Waals surface area contributed by atoms with Gasteiger partial charge in [-0.05, 0) is 18.4 Å². The van der Waals surface area contributed by atoms with Crippen LogP contribution in [0.2, 0.25) is 0 Å². The first-order valence-corrected chi connectivity index (χ1v) is 7.06. The monoisotopic (exact) mass is 247 g/mol. The van der Waals surface area contributed by atoms with Crippen molar-refractivity contribution in [2.75, 3.05) is 0 Å². The van der Waals surface area contributed by atoms with E-state index >= 15 is 0 Å². The molecule has 2 nitrogen and oxygen atoms in total. The Labute approximate surface area is 111 Å². The van der Waals surface area contributed by atoms with Crippen molar-refractivity contribution in [3.8, 4) is 0 Å². The highest BCUT2D eigenvalue weighted by Gasteiger charge is 2.13. The number of Topliss-reactive ketones (excluding diaryl/α,β-unsaturated/α-hetero) is 1. The van der Waals surface area contributed by atoms with E-state index in [1.165, 1.54) is 19.3 Å². The van der Waals surface area contributed by atoms with Crippen LogP contribution >= 0.6 is 0 Å². The third kappa shape index (κ3) is 5.97. The number of rotatable bonds is 9. The SMILES string of the molecule is CCCCCCCC(=O)[C@H](N)Cc1ccccc1. The molecule has 0 aliphatic heterocycles. The van der Waals surface area contributed by atoms with Crippen molar-refractivity contribution in [3.05, 3.63) is 35.9 Å². The fourth-order valence-corrected chi connectivity index (χ4v) is 2.07. The summed E-state index contributed by atoms with van der Waals surface area (Å²) in [6.07, 6.45) is 7.18. The second kappa shape index (κ2) is 8.87. The number of nitrogens with two attached hydrogens (primary N) is 1. The molecule has 0 spiro atoms. The van der Waals surface area contributed by atoms with E-state index < -0.39 is 0 Å². The van der Waals surface area contributed by atoms with Gasteiger partial charge in [0.2, 0.25) is 0 Å². The summed E-state index contributed by atoms with van der Waals surface area (Å²) in [5, 5.41) is 0. The number of carbonyl (C=O) groups is 1. The molecular weight excluding hydrogens is 222 g/mol. The van der Waals surface area contributed by atoms with Crippen LogP contribution in [0.25, 0.3) is 0 Å². The Morgan fingerprint density at radius 3 is 2.44 bits per heavy atom. The summed E-state index contributed by atoms with van der Waals surface area (Å²) in [6.45, 7) is 2.20. The van der Waals surface area contributed by atoms with E-state index in [1.54, 1.807) is 0 Å². The van der Waals surface area contributed by atoms with Gasteiger partial charge in [0.15, 0.2) is 0 Å². The van der Waals surface area contributed by atoms with Crippen molar-refractivity contribution in [3.63, 3.8) is 0 Å². The van der Waals surface area contributed by atoms with E-state index in [4.69, 9.17) is 5.73 Å². The largest absolute Gasteiger partial charge is 0.321 e. The lowest BCUT2D eigenvalue weighted by molar-refractivity contribution is -0.120. The molecule has 100 valence electrons. The fraction of sp³-hybridized carbons (Fsp3) is 0.562. The Bertz CT molecular complexity index is 334. The van der Waals surface area contributed by atoms with Crippen LogP contribution in [0.15, 0.2) is 30.3 Å². The molecule has 0 bridgehead atoms. The van der Waals surface area contributed by atoms with Crippen LogP contribution in [0.3, 0.4) is 0 Å². The van der Waals surface area contributed by atoms with Crippen LogP contribution in [-0.2, 0) is 11.2 Å². The van der Waals surface area contributed by atoms with Gasteiger partial charge in [0.05, 0.1) is 6.04 Å². The highest BCUT2D eigenvalue weighted by Crippen LogP contribution is 2.08. The molecule has 2 N–H and O–H groups in total. The van der Waals surface area contributed by atoms with E-state index in [-0.39, 0.29) is 11.8 Å². The van der Waals surface area contributed by atoms with Crippen molar-refractivity contribution in [1.29, 1.82) is 0 Å². The molecule has 0 aliphatic rings. The zero-order valence-corrected chi connectivity index (χ0v) is 11.4. The third-order valence-electron chi connectivity index (χ3n) is 3.24. The smallest absolute Gasteiger partial charge is 0.149 e. The van der Waals surface area contributed by atoms with Crippen molar-refractivity contribution in [2.45, 2.75) is 57.9 Å². The quantitative estimate of drug-likeness (QED) is 0.679. The second-order valence-corrected chi connectivity index (χ2v) is 4.93. The van der Waals surface area contributed by atoms with Gasteiger partial charge in [-0.2, -0.15) is 0 Å². The van der Waals surface area contributed by atoms with E-state index in [2.05, 4.69) is 6.92 Å². The maximum Gasteiger partial charge on any atom is 0.149 e. The summed E-state index contributed by atoms with van der Waals surface area (Å²) in [6, 6.07) is 9.65. The minimum atomic E-state index is -0.335. The Morgan fingerprint density at radius 2 is 1.78 bits per heavy atom. The van der Waals surface area contributed by atoms with Crippen molar-refractivity contribution >= 4 is 5.78 Å². The lowest BCUT2D eigenvalue weighted by atomic mass is 9.99. The Balaban J connectivity index is 2.21. The first kappa shape index (κ1) is 14.9. The summed E-state index contributed by atoms with van der Waals surface area (Å²) in [5.74, 6) is 0.204. The van der Waals surface area contributed by atoms with Crippen molar-refractivity contribution in [1.82, 2.24) is 0 Å². The van der Waals surface area contributed by atoms with Crippen molar-refractivity contribution in [2.24, 2.45) is 5.73 Å². The van der Waals surface area contributed by atoms with Gasteiger partial charge in [-0.1, -0.05) is 62.9 Å². The van der Waals surface area contributed by atoms with Gasteiger partial charge >= 0.3 is 0 Å². The van der Waals surface area contributed by atoms with E-state index in [0.29, 0.717) is 12.8 Å². The molecule has 0 amide bonds. The third-order valence-corrected chi connectivity index (χ3v) is 3.24. The topological polar surface area (TPSA) is 43.1 Å². The number of unbranched alkanes of at least 4 members (excludes halogenated alkanes) is 4. The second-order valence-electron chi connectivity index (χ2n) is 4.93. The molecule has 1 aromatic rings. The Hall–Kier alpha value is -1.15. The summed E-state index contributed by atoms with van der Waals surface area (Å²) < 4.78 is 0. The van der Waals surface area contributed by atoms with Gasteiger partial charge in [-0.25, -0.2) is 0 Å². The standard InChI is InChI=1S/C16H25NO/c1-2-3-4-5-9-12-16(18)15(17)13-14-10-7-6-8-11-14/h6-8,10-11,15H,2-5,9,12-13,17H2,1H3/t15-/m1/s1. The van der Waals surface area contributed by atoms with Crippen LogP contribution in [-0.4, -0.2) is 11.8 Å². The van der Waals surface area contributed by atoms with Gasteiger partial charge < -0.3 is 5.73 Å². The molecule has 0 unspecified atom stereocenters. The predicted molar refractivity (Wildman–Crippen MR) is 76.5 cm³/mol.